The van der Waals surface area contributed by atoms with Gasteiger partial charge in [0.25, 0.3) is 0 Å². The van der Waals surface area contributed by atoms with E-state index in [4.69, 9.17) is 14.8 Å². The van der Waals surface area contributed by atoms with Gasteiger partial charge in [0, 0.05) is 29.9 Å². The number of hydrogen-bond donors (Lipinski definition) is 0. The second kappa shape index (κ2) is 10.8. The van der Waals surface area contributed by atoms with Crippen LogP contribution < -0.4 is 0 Å². The van der Waals surface area contributed by atoms with Crippen LogP contribution in [-0.2, 0) is 17.9 Å². The van der Waals surface area contributed by atoms with Gasteiger partial charge < -0.3 is 9.32 Å². The van der Waals surface area contributed by atoms with Crippen LogP contribution in [0.5, 0.6) is 0 Å². The van der Waals surface area contributed by atoms with Gasteiger partial charge >= 0.3 is 0 Å². The third-order valence-electron chi connectivity index (χ3n) is 5.16. The minimum atomic E-state index is -0.184. The van der Waals surface area contributed by atoms with Crippen molar-refractivity contribution in [1.82, 2.24) is 14.7 Å². The Morgan fingerprint density at radius 3 is 2.52 bits per heavy atom. The van der Waals surface area contributed by atoms with Crippen molar-refractivity contribution in [3.8, 4) is 17.3 Å². The lowest BCUT2D eigenvalue weighted by molar-refractivity contribution is -0.126. The lowest BCUT2D eigenvalue weighted by Gasteiger charge is -2.18. The van der Waals surface area contributed by atoms with E-state index in [1.54, 1.807) is 23.3 Å². The van der Waals surface area contributed by atoms with E-state index in [0.717, 1.165) is 22.4 Å². The molecule has 4 aromatic rings. The van der Waals surface area contributed by atoms with Gasteiger partial charge in [0.15, 0.2) is 0 Å². The molecule has 2 aromatic carbocycles. The number of aromatic nitrogens is 2. The van der Waals surface area contributed by atoms with Crippen LogP contribution in [0.4, 0.5) is 0 Å². The lowest BCUT2D eigenvalue weighted by Crippen LogP contribution is -2.29. The minimum Gasteiger partial charge on any atom is -0.467 e. The molecule has 0 aliphatic carbocycles. The molecule has 6 heteroatoms. The summed E-state index contributed by atoms with van der Waals surface area (Å²) in [6.07, 6.45) is 7.11. The van der Waals surface area contributed by atoms with Gasteiger partial charge in [-0.25, -0.2) is 0 Å². The van der Waals surface area contributed by atoms with E-state index >= 15 is 0 Å². The predicted octanol–water partition coefficient (Wildman–Crippen LogP) is 5.15. The van der Waals surface area contributed by atoms with Crippen molar-refractivity contribution in [2.45, 2.75) is 19.5 Å². The van der Waals surface area contributed by atoms with Crippen molar-refractivity contribution < 1.29 is 9.21 Å². The minimum absolute atomic E-state index is 0.184. The average Bonchev–Trinajstić information content (AvgIpc) is 3.51. The molecule has 0 aliphatic heterocycles. The van der Waals surface area contributed by atoms with Crippen molar-refractivity contribution in [2.75, 3.05) is 6.54 Å². The van der Waals surface area contributed by atoms with Crippen LogP contribution >= 0.6 is 0 Å². The summed E-state index contributed by atoms with van der Waals surface area (Å²) < 4.78 is 7.27. The zero-order valence-electron chi connectivity index (χ0n) is 18.2. The Bertz CT molecular complexity index is 1240. The van der Waals surface area contributed by atoms with E-state index in [2.05, 4.69) is 18.2 Å². The van der Waals surface area contributed by atoms with E-state index in [1.165, 1.54) is 6.08 Å². The first-order valence-corrected chi connectivity index (χ1v) is 10.8. The summed E-state index contributed by atoms with van der Waals surface area (Å²) in [4.78, 5) is 14.6. The molecule has 0 radical (unpaired) electrons. The SMILES string of the molecule is N#CCCN(Cc1ccco1)C(=O)/C=C/c1cn(Cc2ccccc2)nc1-c1ccccc1. The summed E-state index contributed by atoms with van der Waals surface area (Å²) in [7, 11) is 0. The maximum atomic E-state index is 13.0. The lowest BCUT2D eigenvalue weighted by atomic mass is 10.1. The molecule has 0 spiro atoms. The topological polar surface area (TPSA) is 75.1 Å². The van der Waals surface area contributed by atoms with Gasteiger partial charge in [-0.15, -0.1) is 0 Å². The summed E-state index contributed by atoms with van der Waals surface area (Å²) in [6, 6.07) is 25.7. The number of benzene rings is 2. The van der Waals surface area contributed by atoms with Crippen LogP contribution in [0, 0.1) is 11.3 Å². The molecule has 0 atom stereocenters. The van der Waals surface area contributed by atoms with Crippen molar-refractivity contribution in [3.63, 3.8) is 0 Å². The van der Waals surface area contributed by atoms with Crippen LogP contribution in [0.1, 0.15) is 23.3 Å². The number of carbonyl (C=O) groups is 1. The van der Waals surface area contributed by atoms with Gasteiger partial charge in [0.1, 0.15) is 5.76 Å². The molecular formula is C27H24N4O2. The van der Waals surface area contributed by atoms with Crippen LogP contribution in [0.15, 0.2) is 95.7 Å². The van der Waals surface area contributed by atoms with Gasteiger partial charge in [-0.3, -0.25) is 9.48 Å². The molecule has 33 heavy (non-hydrogen) atoms. The highest BCUT2D eigenvalue weighted by Crippen LogP contribution is 2.24. The third-order valence-corrected chi connectivity index (χ3v) is 5.16. The van der Waals surface area contributed by atoms with E-state index in [0.29, 0.717) is 25.4 Å². The quantitative estimate of drug-likeness (QED) is 0.340. The average molecular weight is 437 g/mol. The smallest absolute Gasteiger partial charge is 0.247 e. The molecule has 0 bridgehead atoms. The third kappa shape index (κ3) is 5.86. The zero-order valence-corrected chi connectivity index (χ0v) is 18.2. The monoisotopic (exact) mass is 436 g/mol. The van der Waals surface area contributed by atoms with E-state index in [1.807, 2.05) is 65.5 Å². The molecule has 0 saturated heterocycles. The highest BCUT2D eigenvalue weighted by Gasteiger charge is 2.14. The van der Waals surface area contributed by atoms with Gasteiger partial charge in [-0.05, 0) is 23.8 Å². The molecule has 0 aliphatic rings. The Kier molecular flexibility index (Phi) is 7.14. The van der Waals surface area contributed by atoms with Crippen molar-refractivity contribution in [3.05, 3.63) is 108 Å². The number of amides is 1. The summed E-state index contributed by atoms with van der Waals surface area (Å²) in [5.41, 5.74) is 3.79. The Labute approximate surface area is 193 Å². The summed E-state index contributed by atoms with van der Waals surface area (Å²) in [5.74, 6) is 0.492. The van der Waals surface area contributed by atoms with Crippen molar-refractivity contribution >= 4 is 12.0 Å². The van der Waals surface area contributed by atoms with Crippen LogP contribution in [0.25, 0.3) is 17.3 Å². The predicted molar refractivity (Wildman–Crippen MR) is 127 cm³/mol. The first-order chi connectivity index (χ1) is 16.2. The Hall–Kier alpha value is -4.37. The summed E-state index contributed by atoms with van der Waals surface area (Å²) in [5, 5.41) is 13.8. The molecule has 0 unspecified atom stereocenters. The van der Waals surface area contributed by atoms with E-state index < -0.39 is 0 Å². The Balaban J connectivity index is 1.59. The van der Waals surface area contributed by atoms with Crippen LogP contribution in [-0.4, -0.2) is 27.1 Å². The summed E-state index contributed by atoms with van der Waals surface area (Å²) in [6.45, 7) is 1.28. The standard InChI is InChI=1S/C27H24N4O2/c28-16-8-17-30(21-25-13-7-18-33-25)26(32)15-14-24-20-31(19-22-9-3-1-4-10-22)29-27(24)23-11-5-2-6-12-23/h1-7,9-15,18,20H,8,17,19,21H2/b15-14+. The van der Waals surface area contributed by atoms with Crippen LogP contribution in [0.2, 0.25) is 0 Å². The van der Waals surface area contributed by atoms with Gasteiger partial charge in [0.05, 0.1) is 37.5 Å². The number of hydrogen-bond acceptors (Lipinski definition) is 4. The molecule has 164 valence electrons. The molecular weight excluding hydrogens is 412 g/mol. The zero-order chi connectivity index (χ0) is 22.9. The highest BCUT2D eigenvalue weighted by molar-refractivity contribution is 5.92. The molecule has 1 amide bonds. The highest BCUT2D eigenvalue weighted by atomic mass is 16.3. The fraction of sp³-hybridized carbons (Fsp3) is 0.148. The Morgan fingerprint density at radius 1 is 1.06 bits per heavy atom. The van der Waals surface area contributed by atoms with Crippen molar-refractivity contribution in [2.24, 2.45) is 0 Å². The van der Waals surface area contributed by atoms with E-state index in [-0.39, 0.29) is 12.3 Å². The molecule has 0 N–H and O–H groups in total. The Morgan fingerprint density at radius 2 is 1.82 bits per heavy atom. The molecule has 2 heterocycles. The largest absolute Gasteiger partial charge is 0.467 e. The fourth-order valence-electron chi connectivity index (χ4n) is 3.54. The number of furan rings is 1. The maximum Gasteiger partial charge on any atom is 0.247 e. The molecule has 0 fully saturated rings. The second-order valence-corrected chi connectivity index (χ2v) is 7.56. The fourth-order valence-corrected chi connectivity index (χ4v) is 3.54. The van der Waals surface area contributed by atoms with Crippen LogP contribution in [0.3, 0.4) is 0 Å². The molecule has 4 rings (SSSR count). The first-order valence-electron chi connectivity index (χ1n) is 10.8. The molecule has 6 nitrogen and oxygen atoms in total. The van der Waals surface area contributed by atoms with Gasteiger partial charge in [0.2, 0.25) is 5.91 Å². The van der Waals surface area contributed by atoms with Gasteiger partial charge in [-0.1, -0.05) is 60.7 Å². The maximum absolute atomic E-state index is 13.0. The number of rotatable bonds is 9. The number of nitriles is 1. The number of carbonyl (C=O) groups excluding carboxylic acids is 1. The van der Waals surface area contributed by atoms with Gasteiger partial charge in [-0.2, -0.15) is 10.4 Å². The first kappa shape index (κ1) is 21.8. The number of nitrogens with zero attached hydrogens (tertiary/aromatic N) is 4. The van der Waals surface area contributed by atoms with Crippen molar-refractivity contribution in [1.29, 1.82) is 5.26 Å². The normalized spacial score (nSPS) is 10.9. The summed E-state index contributed by atoms with van der Waals surface area (Å²) >= 11 is 0. The molecule has 0 saturated carbocycles. The second-order valence-electron chi connectivity index (χ2n) is 7.56. The molecule has 2 aromatic heterocycles. The van der Waals surface area contributed by atoms with E-state index in [9.17, 15) is 4.79 Å².